The molecule has 1 saturated heterocycles. The highest BCUT2D eigenvalue weighted by molar-refractivity contribution is 5.89. The minimum atomic E-state index is -0.121. The van der Waals surface area contributed by atoms with Crippen LogP contribution in [0, 0.1) is 11.8 Å². The van der Waals surface area contributed by atoms with E-state index in [1.807, 2.05) is 16.8 Å². The van der Waals surface area contributed by atoms with E-state index in [0.29, 0.717) is 24.9 Å². The van der Waals surface area contributed by atoms with Gasteiger partial charge in [-0.05, 0) is 18.8 Å². The molecule has 2 fully saturated rings. The van der Waals surface area contributed by atoms with E-state index in [1.165, 1.54) is 25.7 Å². The van der Waals surface area contributed by atoms with Gasteiger partial charge in [-0.2, -0.15) is 0 Å². The lowest BCUT2D eigenvalue weighted by Crippen LogP contribution is -2.39. The molecule has 1 aliphatic carbocycles. The second kappa shape index (κ2) is 7.98. The van der Waals surface area contributed by atoms with Gasteiger partial charge in [0, 0.05) is 32.6 Å². The molecular weight excluding hydrogens is 276 g/mol. The zero-order chi connectivity index (χ0) is 16.1. The Kier molecular flexibility index (Phi) is 6.27. The monoisotopic (exact) mass is 308 g/mol. The van der Waals surface area contributed by atoms with Crippen molar-refractivity contribution in [2.75, 3.05) is 20.1 Å². The van der Waals surface area contributed by atoms with Crippen molar-refractivity contribution < 1.29 is 9.59 Å². The van der Waals surface area contributed by atoms with Crippen LogP contribution in [0.3, 0.4) is 0 Å². The highest BCUT2D eigenvalue weighted by Crippen LogP contribution is 2.28. The first-order chi connectivity index (χ1) is 10.5. The normalized spacial score (nSPS) is 25.1. The van der Waals surface area contributed by atoms with Crippen LogP contribution in [-0.4, -0.2) is 47.8 Å². The Morgan fingerprint density at radius 2 is 1.91 bits per heavy atom. The largest absolute Gasteiger partial charge is 0.345 e. The van der Waals surface area contributed by atoms with E-state index in [9.17, 15) is 9.59 Å². The minimum Gasteiger partial charge on any atom is -0.345 e. The van der Waals surface area contributed by atoms with Crippen LogP contribution in [-0.2, 0) is 9.59 Å². The Labute approximate surface area is 135 Å². The van der Waals surface area contributed by atoms with Crippen LogP contribution in [0.4, 0.5) is 0 Å². The van der Waals surface area contributed by atoms with Gasteiger partial charge in [0.1, 0.15) is 0 Å². The summed E-state index contributed by atoms with van der Waals surface area (Å²) in [7, 11) is 1.88. The van der Waals surface area contributed by atoms with E-state index in [4.69, 9.17) is 0 Å². The van der Waals surface area contributed by atoms with Crippen LogP contribution in [0.2, 0.25) is 0 Å². The summed E-state index contributed by atoms with van der Waals surface area (Å²) in [6.07, 6.45) is 8.76. The van der Waals surface area contributed by atoms with E-state index >= 15 is 0 Å². The molecule has 0 aromatic heterocycles. The fourth-order valence-corrected chi connectivity index (χ4v) is 3.82. The predicted molar refractivity (Wildman–Crippen MR) is 88.4 cm³/mol. The Balaban J connectivity index is 1.91. The minimum absolute atomic E-state index is 0.121. The number of carbonyl (C=O) groups is 2. The van der Waals surface area contributed by atoms with Crippen LogP contribution < -0.4 is 0 Å². The highest BCUT2D eigenvalue weighted by atomic mass is 16.2. The molecule has 2 atom stereocenters. The first-order valence-electron chi connectivity index (χ1n) is 9.07. The molecular formula is C18H32N2O2. The molecule has 4 nitrogen and oxygen atoms in total. The summed E-state index contributed by atoms with van der Waals surface area (Å²) in [5, 5.41) is 0. The molecule has 0 aromatic carbocycles. The fraction of sp³-hybridized carbons (Fsp3) is 0.889. The number of amides is 2. The van der Waals surface area contributed by atoms with Crippen LogP contribution in [0.15, 0.2) is 0 Å². The maximum Gasteiger partial charge on any atom is 0.227 e. The average Bonchev–Trinajstić information content (AvgIpc) is 2.73. The highest BCUT2D eigenvalue weighted by Gasteiger charge is 2.38. The summed E-state index contributed by atoms with van der Waals surface area (Å²) in [6, 6.07) is 0.382. The second-order valence-electron chi connectivity index (χ2n) is 7.32. The van der Waals surface area contributed by atoms with E-state index in [2.05, 4.69) is 13.8 Å². The number of hydrogen-bond donors (Lipinski definition) is 0. The van der Waals surface area contributed by atoms with Crippen molar-refractivity contribution in [2.24, 2.45) is 11.8 Å². The molecule has 0 bridgehead atoms. The standard InChI is InChI=1S/C18H32N2O2/c1-4-14(2)12-19(3)18(22)15-11-17(21)20(13-15)16-9-7-5-6-8-10-16/h14-16H,4-13H2,1-3H3/t14-,15+/m0/s1. The van der Waals surface area contributed by atoms with Crippen LogP contribution >= 0.6 is 0 Å². The van der Waals surface area contributed by atoms with Crippen molar-refractivity contribution in [3.63, 3.8) is 0 Å². The number of carbonyl (C=O) groups excluding carboxylic acids is 2. The van der Waals surface area contributed by atoms with Gasteiger partial charge in [-0.1, -0.05) is 46.0 Å². The lowest BCUT2D eigenvalue weighted by atomic mass is 10.0. The number of rotatable bonds is 5. The lowest BCUT2D eigenvalue weighted by Gasteiger charge is -2.28. The van der Waals surface area contributed by atoms with Gasteiger partial charge >= 0.3 is 0 Å². The molecule has 4 heteroatoms. The van der Waals surface area contributed by atoms with Gasteiger partial charge in [0.25, 0.3) is 0 Å². The summed E-state index contributed by atoms with van der Waals surface area (Å²) in [5.74, 6) is 0.751. The van der Waals surface area contributed by atoms with Crippen molar-refractivity contribution in [1.29, 1.82) is 0 Å². The third-order valence-electron chi connectivity index (χ3n) is 5.43. The molecule has 0 spiro atoms. The quantitative estimate of drug-likeness (QED) is 0.732. The first kappa shape index (κ1) is 17.3. The molecule has 0 unspecified atom stereocenters. The molecule has 22 heavy (non-hydrogen) atoms. The Morgan fingerprint density at radius 3 is 2.50 bits per heavy atom. The average molecular weight is 308 g/mol. The van der Waals surface area contributed by atoms with Gasteiger partial charge in [-0.3, -0.25) is 9.59 Å². The summed E-state index contributed by atoms with van der Waals surface area (Å²) in [5.41, 5.74) is 0. The van der Waals surface area contributed by atoms with Gasteiger partial charge in [0.2, 0.25) is 11.8 Å². The summed E-state index contributed by atoms with van der Waals surface area (Å²) in [4.78, 5) is 28.8. The SMILES string of the molecule is CC[C@H](C)CN(C)C(=O)[C@@H]1CC(=O)N(C2CCCCCC2)C1. The maximum atomic E-state index is 12.6. The smallest absolute Gasteiger partial charge is 0.227 e. The van der Waals surface area contributed by atoms with Gasteiger partial charge in [-0.25, -0.2) is 0 Å². The van der Waals surface area contributed by atoms with Gasteiger partial charge in [0.15, 0.2) is 0 Å². The Hall–Kier alpha value is -1.06. The van der Waals surface area contributed by atoms with E-state index in [1.54, 1.807) is 0 Å². The summed E-state index contributed by atoms with van der Waals surface area (Å²) < 4.78 is 0. The number of likely N-dealkylation sites (tertiary alicyclic amines) is 1. The zero-order valence-corrected chi connectivity index (χ0v) is 14.5. The molecule has 2 rings (SSSR count). The molecule has 126 valence electrons. The van der Waals surface area contributed by atoms with Crippen LogP contribution in [0.5, 0.6) is 0 Å². The second-order valence-corrected chi connectivity index (χ2v) is 7.32. The molecule has 1 heterocycles. The lowest BCUT2D eigenvalue weighted by molar-refractivity contribution is -0.135. The molecule has 2 amide bonds. The van der Waals surface area contributed by atoms with E-state index in [-0.39, 0.29) is 17.7 Å². The predicted octanol–water partition coefficient (Wildman–Crippen LogP) is 3.06. The van der Waals surface area contributed by atoms with Crippen molar-refractivity contribution >= 4 is 11.8 Å². The molecule has 0 N–H and O–H groups in total. The molecule has 0 radical (unpaired) electrons. The maximum absolute atomic E-state index is 12.6. The van der Waals surface area contributed by atoms with Gasteiger partial charge in [-0.15, -0.1) is 0 Å². The van der Waals surface area contributed by atoms with Crippen molar-refractivity contribution in [3.05, 3.63) is 0 Å². The van der Waals surface area contributed by atoms with Crippen LogP contribution in [0.1, 0.15) is 65.2 Å². The van der Waals surface area contributed by atoms with Crippen LogP contribution in [0.25, 0.3) is 0 Å². The summed E-state index contributed by atoms with van der Waals surface area (Å²) in [6.45, 7) is 5.76. The summed E-state index contributed by atoms with van der Waals surface area (Å²) >= 11 is 0. The Bertz CT molecular complexity index is 389. The molecule has 0 aromatic rings. The first-order valence-corrected chi connectivity index (χ1v) is 9.07. The third-order valence-corrected chi connectivity index (χ3v) is 5.43. The van der Waals surface area contributed by atoms with Crippen molar-refractivity contribution in [3.8, 4) is 0 Å². The Morgan fingerprint density at radius 1 is 1.27 bits per heavy atom. The van der Waals surface area contributed by atoms with Crippen molar-refractivity contribution in [2.45, 2.75) is 71.3 Å². The molecule has 2 aliphatic rings. The van der Waals surface area contributed by atoms with Crippen molar-refractivity contribution in [1.82, 2.24) is 9.80 Å². The topological polar surface area (TPSA) is 40.6 Å². The number of nitrogens with zero attached hydrogens (tertiary/aromatic N) is 2. The third kappa shape index (κ3) is 4.23. The van der Waals surface area contributed by atoms with Gasteiger partial charge in [0.05, 0.1) is 5.92 Å². The zero-order valence-electron chi connectivity index (χ0n) is 14.5. The molecule has 1 aliphatic heterocycles. The van der Waals surface area contributed by atoms with Gasteiger partial charge < -0.3 is 9.80 Å². The van der Waals surface area contributed by atoms with E-state index < -0.39 is 0 Å². The molecule has 1 saturated carbocycles. The van der Waals surface area contributed by atoms with E-state index in [0.717, 1.165) is 25.8 Å². The fourth-order valence-electron chi connectivity index (χ4n) is 3.82. The number of hydrogen-bond acceptors (Lipinski definition) is 2.